The van der Waals surface area contributed by atoms with Crippen molar-refractivity contribution in [2.24, 2.45) is 50.2 Å². The largest absolute Gasteiger partial charge is 0.468 e. The molecule has 0 aromatic carbocycles. The van der Waals surface area contributed by atoms with E-state index in [9.17, 15) is 14.4 Å². The second kappa shape index (κ2) is 8.92. The molecule has 218 valence electrons. The lowest BCUT2D eigenvalue weighted by atomic mass is 9.33. The Morgan fingerprint density at radius 3 is 2.28 bits per heavy atom. The SMILES string of the molecule is CCC(=O)O[C@@H]1CC(C)(C)C[C@H]2C3=CC[C@@H]4[C@@]5(C)CCC(=O)C(C)(C)[C@@H]5CC[C@@]4(C)[C@]3(C)CC[C@@]12C(=O)OC. The summed E-state index contributed by atoms with van der Waals surface area (Å²) >= 11 is 0. The molecule has 39 heavy (non-hydrogen) atoms. The molecule has 4 fully saturated rings. The van der Waals surface area contributed by atoms with Crippen molar-refractivity contribution in [3.8, 4) is 0 Å². The van der Waals surface area contributed by atoms with Gasteiger partial charge < -0.3 is 9.47 Å². The minimum Gasteiger partial charge on any atom is -0.468 e. The van der Waals surface area contributed by atoms with Gasteiger partial charge in [-0.25, -0.2) is 0 Å². The normalized spacial score (nSPS) is 46.0. The third-order valence-electron chi connectivity index (χ3n) is 13.5. The molecule has 0 unspecified atom stereocenters. The smallest absolute Gasteiger partial charge is 0.316 e. The Hall–Kier alpha value is -1.65. The van der Waals surface area contributed by atoms with Gasteiger partial charge in [0.25, 0.3) is 0 Å². The van der Waals surface area contributed by atoms with E-state index in [-0.39, 0.29) is 44.9 Å². The lowest BCUT2D eigenvalue weighted by Crippen LogP contribution is -2.66. The average molecular weight is 541 g/mol. The number of hydrogen-bond donors (Lipinski definition) is 0. The highest BCUT2D eigenvalue weighted by molar-refractivity contribution is 5.85. The van der Waals surface area contributed by atoms with Crippen molar-refractivity contribution in [3.63, 3.8) is 0 Å². The summed E-state index contributed by atoms with van der Waals surface area (Å²) in [6.45, 7) is 18.2. The van der Waals surface area contributed by atoms with Crippen LogP contribution in [0.5, 0.6) is 0 Å². The molecule has 4 saturated carbocycles. The summed E-state index contributed by atoms with van der Waals surface area (Å²) in [5.74, 6) is 0.890. The van der Waals surface area contributed by atoms with Gasteiger partial charge in [-0.05, 0) is 84.9 Å². The van der Waals surface area contributed by atoms with Gasteiger partial charge in [0.2, 0.25) is 0 Å². The van der Waals surface area contributed by atoms with Crippen LogP contribution in [0.25, 0.3) is 0 Å². The summed E-state index contributed by atoms with van der Waals surface area (Å²) in [5, 5.41) is 0. The number of carbonyl (C=O) groups excluding carboxylic acids is 3. The maximum atomic E-state index is 13.8. The Morgan fingerprint density at radius 1 is 0.949 bits per heavy atom. The predicted octanol–water partition coefficient (Wildman–Crippen LogP) is 7.46. The summed E-state index contributed by atoms with van der Waals surface area (Å²) in [7, 11) is 1.49. The molecule has 0 bridgehead atoms. The van der Waals surface area contributed by atoms with Crippen molar-refractivity contribution in [2.45, 2.75) is 126 Å². The van der Waals surface area contributed by atoms with E-state index in [0.717, 1.165) is 38.5 Å². The maximum Gasteiger partial charge on any atom is 0.316 e. The van der Waals surface area contributed by atoms with Crippen LogP contribution in [-0.4, -0.2) is 30.9 Å². The fourth-order valence-electron chi connectivity index (χ4n) is 11.2. The Labute approximate surface area is 236 Å². The van der Waals surface area contributed by atoms with Crippen LogP contribution in [0.15, 0.2) is 11.6 Å². The van der Waals surface area contributed by atoms with Gasteiger partial charge in [0.1, 0.15) is 17.3 Å². The number of carbonyl (C=O) groups is 3. The van der Waals surface area contributed by atoms with Crippen LogP contribution in [0.4, 0.5) is 0 Å². The number of allylic oxidation sites excluding steroid dienone is 2. The zero-order valence-electron chi connectivity index (χ0n) is 26.0. The van der Waals surface area contributed by atoms with Crippen molar-refractivity contribution < 1.29 is 23.9 Å². The number of methoxy groups -OCH3 is 1. The molecule has 5 heteroatoms. The highest BCUT2D eigenvalue weighted by Crippen LogP contribution is 2.75. The van der Waals surface area contributed by atoms with E-state index < -0.39 is 11.5 Å². The lowest BCUT2D eigenvalue weighted by molar-refractivity contribution is -0.208. The van der Waals surface area contributed by atoms with Gasteiger partial charge in [-0.1, -0.05) is 67.0 Å². The first-order chi connectivity index (χ1) is 18.0. The molecule has 5 aliphatic rings. The quantitative estimate of drug-likeness (QED) is 0.274. The molecule has 5 aliphatic carbocycles. The molecule has 0 aromatic rings. The maximum absolute atomic E-state index is 13.8. The minimum absolute atomic E-state index is 0.00483. The molecule has 0 saturated heterocycles. The van der Waals surface area contributed by atoms with E-state index in [2.05, 4.69) is 54.5 Å². The molecular weight excluding hydrogens is 488 g/mol. The molecule has 5 rings (SSSR count). The van der Waals surface area contributed by atoms with Gasteiger partial charge in [0, 0.05) is 24.2 Å². The number of Topliss-reactive ketones (excluding diaryl/α,β-unsaturated/α-hetero) is 1. The van der Waals surface area contributed by atoms with E-state index in [4.69, 9.17) is 9.47 Å². The van der Waals surface area contributed by atoms with Gasteiger partial charge in [0.15, 0.2) is 0 Å². The van der Waals surface area contributed by atoms with Crippen LogP contribution < -0.4 is 0 Å². The van der Waals surface area contributed by atoms with Gasteiger partial charge in [-0.3, -0.25) is 14.4 Å². The summed E-state index contributed by atoms with van der Waals surface area (Å²) < 4.78 is 11.7. The first-order valence-corrected chi connectivity index (χ1v) is 15.6. The van der Waals surface area contributed by atoms with Crippen molar-refractivity contribution in [3.05, 3.63) is 11.6 Å². The average Bonchev–Trinajstić information content (AvgIpc) is 2.86. The lowest BCUT2D eigenvalue weighted by Gasteiger charge is -2.70. The summed E-state index contributed by atoms with van der Waals surface area (Å²) in [5.41, 5.74) is 0.408. The zero-order valence-corrected chi connectivity index (χ0v) is 26.0. The van der Waals surface area contributed by atoms with Crippen molar-refractivity contribution in [1.82, 2.24) is 0 Å². The second-order valence-electron chi connectivity index (χ2n) is 15.9. The summed E-state index contributed by atoms with van der Waals surface area (Å²) in [6.07, 6.45) is 10.3. The van der Waals surface area contributed by atoms with Crippen molar-refractivity contribution in [2.75, 3.05) is 7.11 Å². The first-order valence-electron chi connectivity index (χ1n) is 15.6. The predicted molar refractivity (Wildman–Crippen MR) is 152 cm³/mol. The third-order valence-corrected chi connectivity index (χ3v) is 13.5. The molecule has 0 spiro atoms. The Bertz CT molecular complexity index is 1100. The Balaban J connectivity index is 1.62. The minimum atomic E-state index is -0.829. The van der Waals surface area contributed by atoms with Crippen LogP contribution in [-0.2, 0) is 23.9 Å². The van der Waals surface area contributed by atoms with Gasteiger partial charge in [0.05, 0.1) is 7.11 Å². The number of esters is 2. The van der Waals surface area contributed by atoms with Crippen LogP contribution in [0.2, 0.25) is 0 Å². The number of fused-ring (bicyclic) bond motifs is 7. The van der Waals surface area contributed by atoms with Crippen LogP contribution >= 0.6 is 0 Å². The highest BCUT2D eigenvalue weighted by atomic mass is 16.6. The third kappa shape index (κ3) is 3.72. The summed E-state index contributed by atoms with van der Waals surface area (Å²) in [4.78, 5) is 39.5. The van der Waals surface area contributed by atoms with E-state index in [1.54, 1.807) is 0 Å². The molecule has 0 aromatic heterocycles. The topological polar surface area (TPSA) is 69.7 Å². The number of rotatable bonds is 3. The highest BCUT2D eigenvalue weighted by Gasteiger charge is 2.71. The van der Waals surface area contributed by atoms with E-state index in [1.165, 1.54) is 12.7 Å². The molecule has 8 atom stereocenters. The molecule has 0 heterocycles. The standard InChI is InChI=1S/C34H52O5/c1-10-27(36)39-26-20-29(2,3)19-22-21-11-12-24-31(6)15-14-25(35)30(4,5)23(31)13-16-33(24,8)32(21,7)17-18-34(22,26)28(37)38-9/h11,22-24,26H,10,12-20H2,1-9H3/t22-,23-,24+,26+,31-,32+,33+,34-/m0/s1. The van der Waals surface area contributed by atoms with Crippen LogP contribution in [0.1, 0.15) is 120 Å². The van der Waals surface area contributed by atoms with Gasteiger partial charge in [-0.2, -0.15) is 0 Å². The van der Waals surface area contributed by atoms with Crippen LogP contribution in [0, 0.1) is 50.2 Å². The number of hydrogen-bond acceptors (Lipinski definition) is 5. The monoisotopic (exact) mass is 540 g/mol. The van der Waals surface area contributed by atoms with Crippen molar-refractivity contribution >= 4 is 17.7 Å². The Morgan fingerprint density at radius 2 is 1.64 bits per heavy atom. The Kier molecular flexibility index (Phi) is 6.60. The van der Waals surface area contributed by atoms with E-state index in [1.807, 2.05) is 6.92 Å². The van der Waals surface area contributed by atoms with Gasteiger partial charge in [-0.15, -0.1) is 0 Å². The molecule has 0 amide bonds. The second-order valence-corrected chi connectivity index (χ2v) is 15.9. The van der Waals surface area contributed by atoms with Crippen molar-refractivity contribution in [1.29, 1.82) is 0 Å². The number of ether oxygens (including phenoxy) is 2. The van der Waals surface area contributed by atoms with E-state index in [0.29, 0.717) is 43.3 Å². The van der Waals surface area contributed by atoms with Crippen LogP contribution in [0.3, 0.4) is 0 Å². The van der Waals surface area contributed by atoms with E-state index >= 15 is 0 Å². The molecule has 5 nitrogen and oxygen atoms in total. The summed E-state index contributed by atoms with van der Waals surface area (Å²) in [6, 6.07) is 0. The zero-order chi connectivity index (χ0) is 28.8. The fraction of sp³-hybridized carbons (Fsp3) is 0.853. The molecule has 0 radical (unpaired) electrons. The molecule has 0 aliphatic heterocycles. The molecular formula is C34H52O5. The number of ketones is 1. The fourth-order valence-corrected chi connectivity index (χ4v) is 11.2. The first kappa shape index (κ1) is 28.9. The van der Waals surface area contributed by atoms with Gasteiger partial charge >= 0.3 is 11.9 Å². The molecule has 0 N–H and O–H groups in total.